The molecular formula is C14H20ClNO2. The fourth-order valence-electron chi connectivity index (χ4n) is 1.73. The number of hydrogen-bond donors (Lipinski definition) is 2. The van der Waals surface area contributed by atoms with Crippen molar-refractivity contribution in [2.45, 2.75) is 25.9 Å². The molecule has 1 aromatic rings. The fourth-order valence-corrected chi connectivity index (χ4v) is 1.90. The molecule has 1 saturated carbocycles. The van der Waals surface area contributed by atoms with E-state index in [1.165, 1.54) is 12.8 Å². The van der Waals surface area contributed by atoms with Gasteiger partial charge in [0.05, 0.1) is 12.7 Å². The van der Waals surface area contributed by atoms with Gasteiger partial charge in [-0.3, -0.25) is 0 Å². The van der Waals surface area contributed by atoms with Gasteiger partial charge in [-0.1, -0.05) is 17.7 Å². The number of rotatable bonds is 7. The Morgan fingerprint density at radius 1 is 1.50 bits per heavy atom. The molecule has 1 aliphatic carbocycles. The van der Waals surface area contributed by atoms with Crippen molar-refractivity contribution in [1.29, 1.82) is 0 Å². The Balaban J connectivity index is 1.70. The van der Waals surface area contributed by atoms with Crippen molar-refractivity contribution in [3.05, 3.63) is 28.8 Å². The largest absolute Gasteiger partial charge is 0.389 e. The second-order valence-electron chi connectivity index (χ2n) is 4.97. The van der Waals surface area contributed by atoms with Gasteiger partial charge in [-0.2, -0.15) is 0 Å². The topological polar surface area (TPSA) is 41.5 Å². The van der Waals surface area contributed by atoms with Gasteiger partial charge in [0.1, 0.15) is 0 Å². The van der Waals surface area contributed by atoms with Crippen LogP contribution in [-0.2, 0) is 4.74 Å². The van der Waals surface area contributed by atoms with E-state index in [9.17, 15) is 5.11 Å². The van der Waals surface area contributed by atoms with Crippen LogP contribution in [0.4, 0.5) is 5.69 Å². The molecule has 1 aliphatic rings. The number of aliphatic hydroxyl groups is 1. The minimum Gasteiger partial charge on any atom is -0.389 e. The maximum atomic E-state index is 9.78. The lowest BCUT2D eigenvalue weighted by Gasteiger charge is -2.14. The second-order valence-corrected chi connectivity index (χ2v) is 5.41. The van der Waals surface area contributed by atoms with Gasteiger partial charge >= 0.3 is 0 Å². The first-order valence-electron chi connectivity index (χ1n) is 6.41. The summed E-state index contributed by atoms with van der Waals surface area (Å²) in [6.45, 7) is 3.66. The van der Waals surface area contributed by atoms with Crippen LogP contribution in [-0.4, -0.2) is 31.0 Å². The molecule has 1 unspecified atom stereocenters. The van der Waals surface area contributed by atoms with Gasteiger partial charge in [-0.25, -0.2) is 0 Å². The molecule has 0 radical (unpaired) electrons. The number of aryl methyl sites for hydroxylation is 1. The van der Waals surface area contributed by atoms with Crippen LogP contribution in [0.1, 0.15) is 18.4 Å². The quantitative estimate of drug-likeness (QED) is 0.800. The SMILES string of the molecule is Cc1ccc(Cl)cc1NCC(O)COCC1CC1. The number of nitrogens with one attached hydrogen (secondary N) is 1. The zero-order valence-electron chi connectivity index (χ0n) is 10.7. The predicted molar refractivity (Wildman–Crippen MR) is 74.2 cm³/mol. The summed E-state index contributed by atoms with van der Waals surface area (Å²) >= 11 is 5.93. The zero-order chi connectivity index (χ0) is 13.0. The van der Waals surface area contributed by atoms with Gasteiger partial charge < -0.3 is 15.2 Å². The van der Waals surface area contributed by atoms with Crippen molar-refractivity contribution in [2.75, 3.05) is 25.1 Å². The van der Waals surface area contributed by atoms with Gasteiger partial charge in [-0.15, -0.1) is 0 Å². The van der Waals surface area contributed by atoms with Crippen LogP contribution in [0.5, 0.6) is 0 Å². The van der Waals surface area contributed by atoms with E-state index in [0.717, 1.165) is 23.8 Å². The lowest BCUT2D eigenvalue weighted by Crippen LogP contribution is -2.25. The van der Waals surface area contributed by atoms with E-state index in [1.54, 1.807) is 0 Å². The number of halogens is 1. The van der Waals surface area contributed by atoms with Crippen molar-refractivity contribution >= 4 is 17.3 Å². The second kappa shape index (κ2) is 6.41. The monoisotopic (exact) mass is 269 g/mol. The first-order valence-corrected chi connectivity index (χ1v) is 6.79. The molecule has 1 atom stereocenters. The molecule has 0 bridgehead atoms. The van der Waals surface area contributed by atoms with Crippen molar-refractivity contribution < 1.29 is 9.84 Å². The van der Waals surface area contributed by atoms with Crippen molar-refractivity contribution in [1.82, 2.24) is 0 Å². The molecule has 0 aliphatic heterocycles. The molecule has 3 nitrogen and oxygen atoms in total. The minimum absolute atomic E-state index is 0.392. The molecule has 0 aromatic heterocycles. The maximum Gasteiger partial charge on any atom is 0.0945 e. The lowest BCUT2D eigenvalue weighted by atomic mass is 10.2. The third-order valence-electron chi connectivity index (χ3n) is 3.09. The molecule has 1 fully saturated rings. The molecular weight excluding hydrogens is 250 g/mol. The van der Waals surface area contributed by atoms with Gasteiger partial charge in [0.25, 0.3) is 0 Å². The van der Waals surface area contributed by atoms with Gasteiger partial charge in [0.2, 0.25) is 0 Å². The highest BCUT2D eigenvalue weighted by atomic mass is 35.5. The van der Waals surface area contributed by atoms with Crippen molar-refractivity contribution in [3.63, 3.8) is 0 Å². The third kappa shape index (κ3) is 4.48. The highest BCUT2D eigenvalue weighted by Crippen LogP contribution is 2.28. The van der Waals surface area contributed by atoms with Gasteiger partial charge in [0.15, 0.2) is 0 Å². The Morgan fingerprint density at radius 2 is 2.28 bits per heavy atom. The predicted octanol–water partition coefficient (Wildman–Crippen LogP) is 2.85. The first-order chi connectivity index (χ1) is 8.65. The molecule has 100 valence electrons. The Bertz CT molecular complexity index is 393. The maximum absolute atomic E-state index is 9.78. The summed E-state index contributed by atoms with van der Waals surface area (Å²) < 4.78 is 5.45. The van der Waals surface area contributed by atoms with E-state index >= 15 is 0 Å². The highest BCUT2D eigenvalue weighted by molar-refractivity contribution is 6.30. The fraction of sp³-hybridized carbons (Fsp3) is 0.571. The number of benzene rings is 1. The molecule has 0 amide bonds. The lowest BCUT2D eigenvalue weighted by molar-refractivity contribution is 0.0386. The van der Waals surface area contributed by atoms with E-state index in [0.29, 0.717) is 18.2 Å². The van der Waals surface area contributed by atoms with Crippen molar-refractivity contribution in [2.24, 2.45) is 5.92 Å². The molecule has 1 aromatic carbocycles. The number of aliphatic hydroxyl groups excluding tert-OH is 1. The van der Waals surface area contributed by atoms with Gasteiger partial charge in [0, 0.05) is 23.9 Å². The Labute approximate surface area is 113 Å². The Morgan fingerprint density at radius 3 is 3.00 bits per heavy atom. The van der Waals surface area contributed by atoms with Gasteiger partial charge in [-0.05, 0) is 43.4 Å². The summed E-state index contributed by atoms with van der Waals surface area (Å²) in [4.78, 5) is 0. The molecule has 0 spiro atoms. The van der Waals surface area contributed by atoms with E-state index in [-0.39, 0.29) is 0 Å². The summed E-state index contributed by atoms with van der Waals surface area (Å²) in [7, 11) is 0. The van der Waals surface area contributed by atoms with E-state index in [2.05, 4.69) is 5.32 Å². The van der Waals surface area contributed by atoms with E-state index < -0.39 is 6.10 Å². The molecule has 0 saturated heterocycles. The smallest absolute Gasteiger partial charge is 0.0945 e. The third-order valence-corrected chi connectivity index (χ3v) is 3.32. The van der Waals surface area contributed by atoms with E-state index in [4.69, 9.17) is 16.3 Å². The number of ether oxygens (including phenoxy) is 1. The molecule has 2 N–H and O–H groups in total. The molecule has 2 rings (SSSR count). The van der Waals surface area contributed by atoms with Crippen LogP contribution in [0.15, 0.2) is 18.2 Å². The Hall–Kier alpha value is -0.770. The standard InChI is InChI=1S/C14H20ClNO2/c1-10-2-5-12(15)6-14(10)16-7-13(17)9-18-8-11-3-4-11/h2,5-6,11,13,16-17H,3-4,7-9H2,1H3. The molecule has 4 heteroatoms. The number of anilines is 1. The van der Waals surface area contributed by atoms with Crippen LogP contribution < -0.4 is 5.32 Å². The van der Waals surface area contributed by atoms with Crippen LogP contribution >= 0.6 is 11.6 Å². The molecule has 0 heterocycles. The average Bonchev–Trinajstić information content (AvgIpc) is 3.14. The Kier molecular flexibility index (Phi) is 4.87. The first kappa shape index (κ1) is 13.7. The molecule has 18 heavy (non-hydrogen) atoms. The zero-order valence-corrected chi connectivity index (χ0v) is 11.4. The normalized spacial score (nSPS) is 16.6. The highest BCUT2D eigenvalue weighted by Gasteiger charge is 2.21. The van der Waals surface area contributed by atoms with Crippen molar-refractivity contribution in [3.8, 4) is 0 Å². The summed E-state index contributed by atoms with van der Waals surface area (Å²) in [5.74, 6) is 0.736. The van der Waals surface area contributed by atoms with E-state index in [1.807, 2.05) is 25.1 Å². The summed E-state index contributed by atoms with van der Waals surface area (Å²) in [5.41, 5.74) is 2.08. The minimum atomic E-state index is -0.484. The summed E-state index contributed by atoms with van der Waals surface area (Å²) in [5, 5.41) is 13.7. The van der Waals surface area contributed by atoms with Crippen LogP contribution in [0.2, 0.25) is 5.02 Å². The summed E-state index contributed by atoms with van der Waals surface area (Å²) in [6.07, 6.45) is 2.06. The van der Waals surface area contributed by atoms with Crippen LogP contribution in [0.3, 0.4) is 0 Å². The average molecular weight is 270 g/mol. The van der Waals surface area contributed by atoms with Crippen LogP contribution in [0.25, 0.3) is 0 Å². The number of hydrogen-bond acceptors (Lipinski definition) is 3. The van der Waals surface area contributed by atoms with Crippen LogP contribution in [0, 0.1) is 12.8 Å². The summed E-state index contributed by atoms with van der Waals surface area (Å²) in [6, 6.07) is 5.69.